The second kappa shape index (κ2) is 7.10. The van der Waals surface area contributed by atoms with Crippen molar-refractivity contribution < 1.29 is 4.79 Å². The molecule has 0 heterocycles. The van der Waals surface area contributed by atoms with Gasteiger partial charge in [-0.2, -0.15) is 0 Å². The molecule has 0 bridgehead atoms. The van der Waals surface area contributed by atoms with Gasteiger partial charge in [-0.15, -0.1) is 0 Å². The molecule has 1 N–H and O–H groups in total. The molecule has 2 nitrogen and oxygen atoms in total. The second-order valence-corrected chi connectivity index (χ2v) is 6.26. The standard InChI is InChI=1S/C17H17BrClNO/c1-3-16(12-5-4-6-13(19)10-12)20-17(21)14-9-11(2)7-8-15(14)18/h4-10,16H,3H2,1-2H3,(H,20,21). The maximum Gasteiger partial charge on any atom is 0.252 e. The summed E-state index contributed by atoms with van der Waals surface area (Å²) in [5.41, 5.74) is 2.72. The first-order valence-electron chi connectivity index (χ1n) is 6.83. The zero-order chi connectivity index (χ0) is 15.4. The fourth-order valence-corrected chi connectivity index (χ4v) is 2.82. The lowest BCUT2D eigenvalue weighted by Gasteiger charge is -2.18. The molecule has 0 aliphatic carbocycles. The van der Waals surface area contributed by atoms with Crippen molar-refractivity contribution in [1.29, 1.82) is 0 Å². The molecule has 0 aromatic heterocycles. The van der Waals surface area contributed by atoms with Crippen LogP contribution in [0.2, 0.25) is 5.02 Å². The van der Waals surface area contributed by atoms with Gasteiger partial charge in [0.25, 0.3) is 5.91 Å². The fraction of sp³-hybridized carbons (Fsp3) is 0.235. The van der Waals surface area contributed by atoms with Gasteiger partial charge in [-0.25, -0.2) is 0 Å². The van der Waals surface area contributed by atoms with Crippen molar-refractivity contribution in [3.05, 3.63) is 68.7 Å². The molecule has 21 heavy (non-hydrogen) atoms. The van der Waals surface area contributed by atoms with Crippen LogP contribution in [0.4, 0.5) is 0 Å². The smallest absolute Gasteiger partial charge is 0.252 e. The molecule has 0 aliphatic rings. The minimum atomic E-state index is -0.0857. The van der Waals surface area contributed by atoms with Gasteiger partial charge in [-0.3, -0.25) is 4.79 Å². The molecule has 0 radical (unpaired) electrons. The van der Waals surface area contributed by atoms with Crippen LogP contribution in [0, 0.1) is 6.92 Å². The van der Waals surface area contributed by atoms with Gasteiger partial charge in [0, 0.05) is 9.50 Å². The number of rotatable bonds is 4. The van der Waals surface area contributed by atoms with Gasteiger partial charge < -0.3 is 5.32 Å². The van der Waals surface area contributed by atoms with Crippen molar-refractivity contribution >= 4 is 33.4 Å². The SMILES string of the molecule is CCC(NC(=O)c1cc(C)ccc1Br)c1cccc(Cl)c1. The molecular weight excluding hydrogens is 350 g/mol. The Morgan fingerprint density at radius 1 is 1.29 bits per heavy atom. The average molecular weight is 367 g/mol. The van der Waals surface area contributed by atoms with Crippen LogP contribution in [0.25, 0.3) is 0 Å². The summed E-state index contributed by atoms with van der Waals surface area (Å²) in [6.07, 6.45) is 0.801. The van der Waals surface area contributed by atoms with Crippen LogP contribution in [0.5, 0.6) is 0 Å². The van der Waals surface area contributed by atoms with Crippen molar-refractivity contribution in [2.75, 3.05) is 0 Å². The number of benzene rings is 2. The maximum atomic E-state index is 12.5. The Hall–Kier alpha value is -1.32. The summed E-state index contributed by atoms with van der Waals surface area (Å²) < 4.78 is 0.798. The van der Waals surface area contributed by atoms with Crippen molar-refractivity contribution in [1.82, 2.24) is 5.32 Å². The van der Waals surface area contributed by atoms with Gasteiger partial charge in [-0.1, -0.05) is 42.3 Å². The highest BCUT2D eigenvalue weighted by molar-refractivity contribution is 9.10. The summed E-state index contributed by atoms with van der Waals surface area (Å²) in [5, 5.41) is 3.74. The number of hydrogen-bond donors (Lipinski definition) is 1. The summed E-state index contributed by atoms with van der Waals surface area (Å²) in [4.78, 5) is 12.5. The van der Waals surface area contributed by atoms with Gasteiger partial charge in [0.2, 0.25) is 0 Å². The van der Waals surface area contributed by atoms with Crippen LogP contribution < -0.4 is 5.32 Å². The van der Waals surface area contributed by atoms with E-state index in [4.69, 9.17) is 11.6 Å². The van der Waals surface area contributed by atoms with E-state index in [-0.39, 0.29) is 11.9 Å². The molecule has 0 spiro atoms. The Morgan fingerprint density at radius 2 is 2.05 bits per heavy atom. The largest absolute Gasteiger partial charge is 0.345 e. The molecule has 2 aromatic rings. The van der Waals surface area contributed by atoms with Crippen molar-refractivity contribution in [2.45, 2.75) is 26.3 Å². The van der Waals surface area contributed by atoms with Crippen LogP contribution in [0.1, 0.15) is 40.9 Å². The number of carbonyl (C=O) groups is 1. The van der Waals surface area contributed by atoms with E-state index >= 15 is 0 Å². The molecule has 1 amide bonds. The molecule has 110 valence electrons. The minimum absolute atomic E-state index is 0.0522. The summed E-state index contributed by atoms with van der Waals surface area (Å²) in [6.45, 7) is 4.01. The predicted molar refractivity (Wildman–Crippen MR) is 90.8 cm³/mol. The second-order valence-electron chi connectivity index (χ2n) is 4.97. The number of halogens is 2. The fourth-order valence-electron chi connectivity index (χ4n) is 2.19. The monoisotopic (exact) mass is 365 g/mol. The first-order valence-corrected chi connectivity index (χ1v) is 8.01. The number of aryl methyl sites for hydroxylation is 1. The molecule has 1 atom stereocenters. The van der Waals surface area contributed by atoms with Gasteiger partial charge in [0.15, 0.2) is 0 Å². The molecule has 0 saturated carbocycles. The predicted octanol–water partition coefficient (Wildman–Crippen LogP) is 5.29. The molecular formula is C17H17BrClNO. The highest BCUT2D eigenvalue weighted by Crippen LogP contribution is 2.23. The summed E-state index contributed by atoms with van der Waals surface area (Å²) in [7, 11) is 0. The van der Waals surface area contributed by atoms with Gasteiger partial charge in [0.1, 0.15) is 0 Å². The quantitative estimate of drug-likeness (QED) is 0.782. The third kappa shape index (κ3) is 4.08. The van der Waals surface area contributed by atoms with Gasteiger partial charge in [-0.05, 0) is 59.1 Å². The lowest BCUT2D eigenvalue weighted by atomic mass is 10.0. The first-order chi connectivity index (χ1) is 10.0. The Bertz CT molecular complexity index is 657. The molecule has 2 aromatic carbocycles. The zero-order valence-corrected chi connectivity index (χ0v) is 14.3. The molecule has 4 heteroatoms. The maximum absolute atomic E-state index is 12.5. The number of nitrogens with one attached hydrogen (secondary N) is 1. The lowest BCUT2D eigenvalue weighted by molar-refractivity contribution is 0.0934. The van der Waals surface area contributed by atoms with Crippen LogP contribution in [0.3, 0.4) is 0 Å². The molecule has 0 saturated heterocycles. The van der Waals surface area contributed by atoms with Gasteiger partial charge in [0.05, 0.1) is 11.6 Å². The number of amides is 1. The normalized spacial score (nSPS) is 12.0. The molecule has 0 aliphatic heterocycles. The van der Waals surface area contributed by atoms with E-state index in [1.807, 2.05) is 56.3 Å². The Kier molecular flexibility index (Phi) is 5.43. The molecule has 2 rings (SSSR count). The number of carbonyl (C=O) groups excluding carboxylic acids is 1. The van der Waals surface area contributed by atoms with E-state index in [0.717, 1.165) is 22.0 Å². The first kappa shape index (κ1) is 16.1. The van der Waals surface area contributed by atoms with Crippen molar-refractivity contribution in [3.63, 3.8) is 0 Å². The Labute approximate surface area is 138 Å². The van der Waals surface area contributed by atoms with Crippen LogP contribution in [-0.4, -0.2) is 5.91 Å². The van der Waals surface area contributed by atoms with E-state index in [1.165, 1.54) is 0 Å². The molecule has 0 fully saturated rings. The van der Waals surface area contributed by atoms with Crippen molar-refractivity contribution in [3.8, 4) is 0 Å². The van der Waals surface area contributed by atoms with E-state index < -0.39 is 0 Å². The molecule has 1 unspecified atom stereocenters. The zero-order valence-electron chi connectivity index (χ0n) is 12.0. The summed E-state index contributed by atoms with van der Waals surface area (Å²) >= 11 is 9.45. The lowest BCUT2D eigenvalue weighted by Crippen LogP contribution is -2.28. The summed E-state index contributed by atoms with van der Waals surface area (Å²) in [6, 6.07) is 13.3. The van der Waals surface area contributed by atoms with E-state index in [2.05, 4.69) is 21.2 Å². The summed E-state index contributed by atoms with van der Waals surface area (Å²) in [5.74, 6) is -0.0857. The topological polar surface area (TPSA) is 29.1 Å². The third-order valence-corrected chi connectivity index (χ3v) is 4.26. The van der Waals surface area contributed by atoms with Crippen molar-refractivity contribution in [2.24, 2.45) is 0 Å². The Morgan fingerprint density at radius 3 is 2.71 bits per heavy atom. The third-order valence-electron chi connectivity index (χ3n) is 3.33. The Balaban J connectivity index is 2.22. The average Bonchev–Trinajstić information content (AvgIpc) is 2.47. The van der Waals surface area contributed by atoms with E-state index in [9.17, 15) is 4.79 Å². The highest BCUT2D eigenvalue weighted by atomic mass is 79.9. The van der Waals surface area contributed by atoms with E-state index in [1.54, 1.807) is 0 Å². The highest BCUT2D eigenvalue weighted by Gasteiger charge is 2.16. The van der Waals surface area contributed by atoms with Crippen LogP contribution in [-0.2, 0) is 0 Å². The van der Waals surface area contributed by atoms with Crippen LogP contribution in [0.15, 0.2) is 46.9 Å². The number of hydrogen-bond acceptors (Lipinski definition) is 1. The van der Waals surface area contributed by atoms with E-state index in [0.29, 0.717) is 10.6 Å². The van der Waals surface area contributed by atoms with Gasteiger partial charge >= 0.3 is 0 Å². The minimum Gasteiger partial charge on any atom is -0.345 e. The van der Waals surface area contributed by atoms with Crippen LogP contribution >= 0.6 is 27.5 Å².